The van der Waals surface area contributed by atoms with Gasteiger partial charge in [-0.05, 0) is 25.7 Å². The molecular formula is C11H19NO4. The second kappa shape index (κ2) is 6.48. The number of carboxylic acid groups (broad SMARTS) is 1. The third kappa shape index (κ3) is 4.61. The number of amides is 1. The van der Waals surface area contributed by atoms with Gasteiger partial charge in [-0.15, -0.1) is 0 Å². The van der Waals surface area contributed by atoms with Crippen molar-refractivity contribution in [3.63, 3.8) is 0 Å². The van der Waals surface area contributed by atoms with E-state index in [1.807, 2.05) is 6.92 Å². The SMILES string of the molecule is CCOC1CC(CC(=O)NCCC(=O)O)C1. The molecule has 0 aromatic carbocycles. The fourth-order valence-electron chi connectivity index (χ4n) is 1.86. The van der Waals surface area contributed by atoms with Gasteiger partial charge in [-0.1, -0.05) is 0 Å². The molecule has 0 aliphatic heterocycles. The van der Waals surface area contributed by atoms with Gasteiger partial charge in [0.2, 0.25) is 5.91 Å². The Morgan fingerprint density at radius 2 is 2.12 bits per heavy atom. The van der Waals surface area contributed by atoms with Gasteiger partial charge in [0.25, 0.3) is 0 Å². The van der Waals surface area contributed by atoms with E-state index in [1.165, 1.54) is 0 Å². The maximum absolute atomic E-state index is 11.3. The van der Waals surface area contributed by atoms with Crippen molar-refractivity contribution in [2.45, 2.75) is 38.7 Å². The number of aliphatic carboxylic acids is 1. The molecular weight excluding hydrogens is 210 g/mol. The lowest BCUT2D eigenvalue weighted by Gasteiger charge is -2.34. The maximum atomic E-state index is 11.3. The topological polar surface area (TPSA) is 75.6 Å². The van der Waals surface area contributed by atoms with Crippen molar-refractivity contribution >= 4 is 11.9 Å². The van der Waals surface area contributed by atoms with E-state index in [0.717, 1.165) is 19.4 Å². The Morgan fingerprint density at radius 1 is 1.44 bits per heavy atom. The average Bonchev–Trinajstić information content (AvgIpc) is 2.14. The van der Waals surface area contributed by atoms with Crippen LogP contribution in [0.1, 0.15) is 32.6 Å². The third-order valence-electron chi connectivity index (χ3n) is 2.73. The van der Waals surface area contributed by atoms with Gasteiger partial charge in [0.15, 0.2) is 0 Å². The molecule has 0 bridgehead atoms. The Morgan fingerprint density at radius 3 is 2.69 bits per heavy atom. The van der Waals surface area contributed by atoms with Crippen molar-refractivity contribution in [1.82, 2.24) is 5.32 Å². The number of carbonyl (C=O) groups excluding carboxylic acids is 1. The smallest absolute Gasteiger partial charge is 0.305 e. The fraction of sp³-hybridized carbons (Fsp3) is 0.818. The Bertz CT molecular complexity index is 248. The Labute approximate surface area is 95.2 Å². The lowest BCUT2D eigenvalue weighted by Crippen LogP contribution is -2.36. The normalized spacial score (nSPS) is 23.6. The fourth-order valence-corrected chi connectivity index (χ4v) is 1.86. The predicted octanol–water partition coefficient (Wildman–Crippen LogP) is 0.782. The summed E-state index contributed by atoms with van der Waals surface area (Å²) < 4.78 is 5.39. The monoisotopic (exact) mass is 229 g/mol. The summed E-state index contributed by atoms with van der Waals surface area (Å²) in [5.41, 5.74) is 0. The molecule has 0 heterocycles. The molecule has 5 heteroatoms. The van der Waals surface area contributed by atoms with Gasteiger partial charge in [0.1, 0.15) is 0 Å². The molecule has 0 radical (unpaired) electrons. The highest BCUT2D eigenvalue weighted by Crippen LogP contribution is 2.32. The standard InChI is InChI=1S/C11H19NO4/c1-2-16-9-5-8(6-9)7-10(13)12-4-3-11(14)15/h8-9H,2-7H2,1H3,(H,12,13)(H,14,15). The summed E-state index contributed by atoms with van der Waals surface area (Å²) >= 11 is 0. The van der Waals surface area contributed by atoms with Crippen LogP contribution in [0.15, 0.2) is 0 Å². The first-order valence-corrected chi connectivity index (χ1v) is 5.72. The molecule has 0 atom stereocenters. The largest absolute Gasteiger partial charge is 0.481 e. The molecule has 1 aliphatic rings. The average molecular weight is 229 g/mol. The highest BCUT2D eigenvalue weighted by molar-refractivity contribution is 5.77. The lowest BCUT2D eigenvalue weighted by molar-refractivity contribution is -0.136. The third-order valence-corrected chi connectivity index (χ3v) is 2.73. The summed E-state index contributed by atoms with van der Waals surface area (Å²) in [6, 6.07) is 0. The van der Waals surface area contributed by atoms with Gasteiger partial charge in [-0.3, -0.25) is 9.59 Å². The summed E-state index contributed by atoms with van der Waals surface area (Å²) in [6.07, 6.45) is 2.68. The molecule has 0 aromatic heterocycles. The second-order valence-corrected chi connectivity index (χ2v) is 4.11. The molecule has 5 nitrogen and oxygen atoms in total. The van der Waals surface area contributed by atoms with Crippen LogP contribution >= 0.6 is 0 Å². The van der Waals surface area contributed by atoms with Crippen LogP contribution in [-0.2, 0) is 14.3 Å². The first-order chi connectivity index (χ1) is 7.61. The molecule has 1 saturated carbocycles. The molecule has 0 aromatic rings. The number of ether oxygens (including phenoxy) is 1. The zero-order chi connectivity index (χ0) is 12.0. The quantitative estimate of drug-likeness (QED) is 0.676. The summed E-state index contributed by atoms with van der Waals surface area (Å²) in [5.74, 6) is -0.539. The van der Waals surface area contributed by atoms with Crippen LogP contribution in [0.5, 0.6) is 0 Å². The van der Waals surface area contributed by atoms with Crippen molar-refractivity contribution < 1.29 is 19.4 Å². The van der Waals surface area contributed by atoms with Gasteiger partial charge in [0, 0.05) is 19.6 Å². The van der Waals surface area contributed by atoms with E-state index in [2.05, 4.69) is 5.32 Å². The number of carboxylic acids is 1. The van der Waals surface area contributed by atoms with E-state index in [9.17, 15) is 9.59 Å². The van der Waals surface area contributed by atoms with E-state index in [0.29, 0.717) is 18.4 Å². The van der Waals surface area contributed by atoms with Gasteiger partial charge in [-0.2, -0.15) is 0 Å². The molecule has 0 spiro atoms. The Hall–Kier alpha value is -1.10. The molecule has 1 amide bonds. The predicted molar refractivity (Wildman–Crippen MR) is 58.0 cm³/mol. The van der Waals surface area contributed by atoms with Gasteiger partial charge >= 0.3 is 5.97 Å². The van der Waals surface area contributed by atoms with Crippen LogP contribution in [0, 0.1) is 5.92 Å². The van der Waals surface area contributed by atoms with Gasteiger partial charge < -0.3 is 15.2 Å². The zero-order valence-electron chi connectivity index (χ0n) is 9.57. The second-order valence-electron chi connectivity index (χ2n) is 4.11. The Kier molecular flexibility index (Phi) is 5.25. The van der Waals surface area contributed by atoms with Crippen molar-refractivity contribution in [3.8, 4) is 0 Å². The number of carbonyl (C=O) groups is 2. The van der Waals surface area contributed by atoms with E-state index in [-0.39, 0.29) is 18.9 Å². The molecule has 0 unspecified atom stereocenters. The minimum atomic E-state index is -0.889. The van der Waals surface area contributed by atoms with Crippen molar-refractivity contribution in [2.24, 2.45) is 5.92 Å². The maximum Gasteiger partial charge on any atom is 0.305 e. The molecule has 1 rings (SSSR count). The molecule has 92 valence electrons. The summed E-state index contributed by atoms with van der Waals surface area (Å²) in [4.78, 5) is 21.6. The van der Waals surface area contributed by atoms with Crippen LogP contribution in [0.2, 0.25) is 0 Å². The number of hydrogen-bond acceptors (Lipinski definition) is 3. The highest BCUT2D eigenvalue weighted by Gasteiger charge is 2.30. The first-order valence-electron chi connectivity index (χ1n) is 5.72. The van der Waals surface area contributed by atoms with E-state index in [4.69, 9.17) is 9.84 Å². The highest BCUT2D eigenvalue weighted by atomic mass is 16.5. The van der Waals surface area contributed by atoms with Crippen LogP contribution in [0.4, 0.5) is 0 Å². The van der Waals surface area contributed by atoms with Gasteiger partial charge in [-0.25, -0.2) is 0 Å². The van der Waals surface area contributed by atoms with Crippen LogP contribution < -0.4 is 5.32 Å². The number of hydrogen-bond donors (Lipinski definition) is 2. The Balaban J connectivity index is 2.01. The van der Waals surface area contributed by atoms with Crippen molar-refractivity contribution in [3.05, 3.63) is 0 Å². The summed E-state index contributed by atoms with van der Waals surface area (Å²) in [5, 5.41) is 11.0. The van der Waals surface area contributed by atoms with Gasteiger partial charge in [0.05, 0.1) is 12.5 Å². The molecule has 1 fully saturated rings. The van der Waals surface area contributed by atoms with Crippen molar-refractivity contribution in [2.75, 3.05) is 13.2 Å². The zero-order valence-corrected chi connectivity index (χ0v) is 9.57. The lowest BCUT2D eigenvalue weighted by atomic mass is 9.80. The molecule has 0 saturated heterocycles. The van der Waals surface area contributed by atoms with Crippen LogP contribution in [0.25, 0.3) is 0 Å². The summed E-state index contributed by atoms with van der Waals surface area (Å²) in [7, 11) is 0. The molecule has 2 N–H and O–H groups in total. The van der Waals surface area contributed by atoms with Crippen molar-refractivity contribution in [1.29, 1.82) is 0 Å². The van der Waals surface area contributed by atoms with E-state index in [1.54, 1.807) is 0 Å². The minimum absolute atomic E-state index is 0.0159. The van der Waals surface area contributed by atoms with E-state index >= 15 is 0 Å². The molecule has 16 heavy (non-hydrogen) atoms. The number of rotatable bonds is 7. The molecule has 1 aliphatic carbocycles. The minimum Gasteiger partial charge on any atom is -0.481 e. The van der Waals surface area contributed by atoms with Crippen LogP contribution in [-0.4, -0.2) is 36.2 Å². The van der Waals surface area contributed by atoms with Crippen LogP contribution in [0.3, 0.4) is 0 Å². The summed E-state index contributed by atoms with van der Waals surface area (Å²) in [6.45, 7) is 2.91. The first kappa shape index (κ1) is 13.0. The number of nitrogens with one attached hydrogen (secondary N) is 1. The van der Waals surface area contributed by atoms with E-state index < -0.39 is 5.97 Å².